The Morgan fingerprint density at radius 3 is 2.50 bits per heavy atom. The first-order valence-electron chi connectivity index (χ1n) is 6.66. The second-order valence-electron chi connectivity index (χ2n) is 4.35. The van der Waals surface area contributed by atoms with Gasteiger partial charge in [-0.1, -0.05) is 36.0 Å². The maximum atomic E-state index is 12.6. The van der Waals surface area contributed by atoms with Crippen molar-refractivity contribution in [3.05, 3.63) is 54.7 Å². The molecular formula is C16H18N2OS. The first-order chi connectivity index (χ1) is 9.72. The van der Waals surface area contributed by atoms with Crippen molar-refractivity contribution in [1.29, 1.82) is 0 Å². The molecule has 2 aromatic rings. The highest BCUT2D eigenvalue weighted by molar-refractivity contribution is 8.00. The average molecular weight is 286 g/mol. The lowest BCUT2D eigenvalue weighted by Crippen LogP contribution is -2.36. The summed E-state index contributed by atoms with van der Waals surface area (Å²) in [7, 11) is 0. The van der Waals surface area contributed by atoms with Crippen LogP contribution in [-0.4, -0.2) is 22.7 Å². The molecule has 0 spiro atoms. The van der Waals surface area contributed by atoms with Crippen molar-refractivity contribution in [2.24, 2.45) is 0 Å². The number of anilines is 1. The highest BCUT2D eigenvalue weighted by atomic mass is 32.2. The first kappa shape index (κ1) is 14.6. The molecule has 0 saturated carbocycles. The SMILES string of the molecule is CCN(C(=O)C(C)Sc1ccccn1)c1ccccc1. The van der Waals surface area contributed by atoms with Gasteiger partial charge in [-0.05, 0) is 38.1 Å². The van der Waals surface area contributed by atoms with Gasteiger partial charge in [0.05, 0.1) is 10.3 Å². The van der Waals surface area contributed by atoms with E-state index in [1.165, 1.54) is 11.8 Å². The Hall–Kier alpha value is -1.81. The smallest absolute Gasteiger partial charge is 0.240 e. The number of hydrogen-bond acceptors (Lipinski definition) is 3. The number of amides is 1. The van der Waals surface area contributed by atoms with Crippen molar-refractivity contribution >= 4 is 23.4 Å². The summed E-state index contributed by atoms with van der Waals surface area (Å²) in [6.07, 6.45) is 1.74. The summed E-state index contributed by atoms with van der Waals surface area (Å²) in [5, 5.41) is 0.711. The van der Waals surface area contributed by atoms with E-state index < -0.39 is 0 Å². The summed E-state index contributed by atoms with van der Waals surface area (Å²) >= 11 is 1.49. The van der Waals surface area contributed by atoms with Gasteiger partial charge >= 0.3 is 0 Å². The normalized spacial score (nSPS) is 11.9. The summed E-state index contributed by atoms with van der Waals surface area (Å²) in [5.41, 5.74) is 0.938. The second-order valence-corrected chi connectivity index (χ2v) is 5.71. The van der Waals surface area contributed by atoms with Crippen LogP contribution in [0.15, 0.2) is 59.8 Å². The number of aromatic nitrogens is 1. The van der Waals surface area contributed by atoms with Crippen molar-refractivity contribution < 1.29 is 4.79 Å². The van der Waals surface area contributed by atoms with Crippen LogP contribution < -0.4 is 4.90 Å². The number of thioether (sulfide) groups is 1. The maximum Gasteiger partial charge on any atom is 0.240 e. The van der Waals surface area contributed by atoms with E-state index in [4.69, 9.17) is 0 Å². The predicted molar refractivity (Wildman–Crippen MR) is 84.0 cm³/mol. The molecule has 0 saturated heterocycles. The zero-order chi connectivity index (χ0) is 14.4. The summed E-state index contributed by atoms with van der Waals surface area (Å²) < 4.78 is 0. The molecule has 1 amide bonds. The van der Waals surface area contributed by atoms with Gasteiger partial charge in [-0.25, -0.2) is 4.98 Å². The Morgan fingerprint density at radius 2 is 1.90 bits per heavy atom. The number of carbonyl (C=O) groups is 1. The van der Waals surface area contributed by atoms with Gasteiger partial charge < -0.3 is 4.90 Å². The highest BCUT2D eigenvalue weighted by Gasteiger charge is 2.21. The number of benzene rings is 1. The molecule has 2 rings (SSSR count). The summed E-state index contributed by atoms with van der Waals surface area (Å²) in [6, 6.07) is 15.5. The van der Waals surface area contributed by atoms with Crippen LogP contribution in [0, 0.1) is 0 Å². The predicted octanol–water partition coefficient (Wildman–Crippen LogP) is 3.62. The maximum absolute atomic E-state index is 12.6. The number of hydrogen-bond donors (Lipinski definition) is 0. The van der Waals surface area contributed by atoms with Crippen LogP contribution in [-0.2, 0) is 4.79 Å². The van der Waals surface area contributed by atoms with E-state index in [2.05, 4.69) is 4.98 Å². The third-order valence-electron chi connectivity index (χ3n) is 2.93. The van der Waals surface area contributed by atoms with E-state index in [9.17, 15) is 4.79 Å². The standard InChI is InChI=1S/C16H18N2OS/c1-3-18(14-9-5-4-6-10-14)16(19)13(2)20-15-11-7-8-12-17-15/h4-13H,3H2,1-2H3. The molecule has 0 aliphatic carbocycles. The minimum absolute atomic E-state index is 0.106. The largest absolute Gasteiger partial charge is 0.312 e. The second kappa shape index (κ2) is 7.10. The molecule has 0 fully saturated rings. The van der Waals surface area contributed by atoms with E-state index in [-0.39, 0.29) is 11.2 Å². The fraction of sp³-hybridized carbons (Fsp3) is 0.250. The lowest BCUT2D eigenvalue weighted by atomic mass is 10.2. The van der Waals surface area contributed by atoms with Crippen LogP contribution in [0.25, 0.3) is 0 Å². The van der Waals surface area contributed by atoms with Crippen molar-refractivity contribution in [2.45, 2.75) is 24.1 Å². The van der Waals surface area contributed by atoms with Gasteiger partial charge in [0.1, 0.15) is 0 Å². The number of rotatable bonds is 5. The fourth-order valence-electron chi connectivity index (χ4n) is 1.94. The Kier molecular flexibility index (Phi) is 5.18. The first-order valence-corrected chi connectivity index (χ1v) is 7.54. The van der Waals surface area contributed by atoms with Crippen molar-refractivity contribution in [3.63, 3.8) is 0 Å². The molecule has 1 atom stereocenters. The molecule has 4 heteroatoms. The van der Waals surface area contributed by atoms with Gasteiger partial charge in [-0.3, -0.25) is 4.79 Å². The Balaban J connectivity index is 2.09. The van der Waals surface area contributed by atoms with Crippen LogP contribution in [0.4, 0.5) is 5.69 Å². The number of nitrogens with zero attached hydrogens (tertiary/aromatic N) is 2. The van der Waals surface area contributed by atoms with E-state index in [0.29, 0.717) is 6.54 Å². The third-order valence-corrected chi connectivity index (χ3v) is 3.97. The van der Waals surface area contributed by atoms with Gasteiger partial charge in [0.15, 0.2) is 0 Å². The molecule has 20 heavy (non-hydrogen) atoms. The van der Waals surface area contributed by atoms with E-state index in [1.807, 2.05) is 62.4 Å². The van der Waals surface area contributed by atoms with Gasteiger partial charge in [0, 0.05) is 18.4 Å². The zero-order valence-corrected chi connectivity index (χ0v) is 12.5. The van der Waals surface area contributed by atoms with E-state index in [1.54, 1.807) is 11.1 Å². The van der Waals surface area contributed by atoms with Gasteiger partial charge in [-0.2, -0.15) is 0 Å². The summed E-state index contributed by atoms with van der Waals surface area (Å²) in [5.74, 6) is 0.106. The monoisotopic (exact) mass is 286 g/mol. The molecule has 1 aromatic heterocycles. The molecular weight excluding hydrogens is 268 g/mol. The van der Waals surface area contributed by atoms with E-state index in [0.717, 1.165) is 10.7 Å². The molecule has 3 nitrogen and oxygen atoms in total. The van der Waals surface area contributed by atoms with Gasteiger partial charge in [0.25, 0.3) is 0 Å². The molecule has 1 heterocycles. The zero-order valence-electron chi connectivity index (χ0n) is 11.7. The Labute approximate surface area is 124 Å². The Bertz CT molecular complexity index is 545. The lowest BCUT2D eigenvalue weighted by molar-refractivity contribution is -0.117. The molecule has 104 valence electrons. The summed E-state index contributed by atoms with van der Waals surface area (Å²) in [4.78, 5) is 18.6. The highest BCUT2D eigenvalue weighted by Crippen LogP contribution is 2.24. The van der Waals surface area contributed by atoms with Gasteiger partial charge in [0.2, 0.25) is 5.91 Å². The Morgan fingerprint density at radius 1 is 1.20 bits per heavy atom. The third kappa shape index (κ3) is 3.61. The minimum Gasteiger partial charge on any atom is -0.312 e. The van der Waals surface area contributed by atoms with Crippen molar-refractivity contribution in [1.82, 2.24) is 4.98 Å². The van der Waals surface area contributed by atoms with Gasteiger partial charge in [-0.15, -0.1) is 0 Å². The topological polar surface area (TPSA) is 33.2 Å². The quantitative estimate of drug-likeness (QED) is 0.787. The molecule has 0 radical (unpaired) electrons. The van der Waals surface area contributed by atoms with Crippen LogP contribution in [0.5, 0.6) is 0 Å². The van der Waals surface area contributed by atoms with Crippen molar-refractivity contribution in [2.75, 3.05) is 11.4 Å². The molecule has 0 aliphatic heterocycles. The molecule has 0 bridgehead atoms. The fourth-order valence-corrected chi connectivity index (χ4v) is 2.81. The average Bonchev–Trinajstić information content (AvgIpc) is 2.50. The molecule has 0 N–H and O–H groups in total. The lowest BCUT2D eigenvalue weighted by Gasteiger charge is -2.24. The van der Waals surface area contributed by atoms with Crippen LogP contribution in [0.2, 0.25) is 0 Å². The van der Waals surface area contributed by atoms with Crippen molar-refractivity contribution in [3.8, 4) is 0 Å². The number of para-hydroxylation sites is 1. The van der Waals surface area contributed by atoms with Crippen LogP contribution >= 0.6 is 11.8 Å². The number of pyridine rings is 1. The number of carbonyl (C=O) groups excluding carboxylic acids is 1. The van der Waals surface area contributed by atoms with Crippen LogP contribution in [0.3, 0.4) is 0 Å². The molecule has 0 aliphatic rings. The minimum atomic E-state index is -0.162. The van der Waals surface area contributed by atoms with E-state index >= 15 is 0 Å². The summed E-state index contributed by atoms with van der Waals surface area (Å²) in [6.45, 7) is 4.58. The molecule has 1 unspecified atom stereocenters. The van der Waals surface area contributed by atoms with Crippen LogP contribution in [0.1, 0.15) is 13.8 Å². The molecule has 1 aromatic carbocycles.